The van der Waals surface area contributed by atoms with Crippen molar-refractivity contribution in [2.75, 3.05) is 14.1 Å². The zero-order valence-electron chi connectivity index (χ0n) is 11.4. The van der Waals surface area contributed by atoms with E-state index in [1.807, 2.05) is 39.2 Å². The van der Waals surface area contributed by atoms with Crippen molar-refractivity contribution in [1.29, 1.82) is 0 Å². The first-order valence-electron chi connectivity index (χ1n) is 6.29. The highest BCUT2D eigenvalue weighted by Gasteiger charge is 2.11. The molecule has 4 heteroatoms. The zero-order chi connectivity index (χ0) is 13.5. The van der Waals surface area contributed by atoms with Crippen molar-refractivity contribution in [3.63, 3.8) is 0 Å². The van der Waals surface area contributed by atoms with Gasteiger partial charge in [0.15, 0.2) is 0 Å². The highest BCUT2D eigenvalue weighted by atomic mass is 16.2. The molecule has 0 spiro atoms. The lowest BCUT2D eigenvalue weighted by atomic mass is 10.1. The molecule has 0 bridgehead atoms. The normalized spacial score (nSPS) is 12.5. The van der Waals surface area contributed by atoms with E-state index in [0.29, 0.717) is 13.0 Å². The maximum Gasteiger partial charge on any atom is 0.237 e. The van der Waals surface area contributed by atoms with Crippen LogP contribution in [0.2, 0.25) is 0 Å². The summed E-state index contributed by atoms with van der Waals surface area (Å²) in [5, 5.41) is 2.88. The molecule has 100 valence electrons. The van der Waals surface area contributed by atoms with E-state index in [-0.39, 0.29) is 5.91 Å². The Morgan fingerprint density at radius 3 is 2.50 bits per heavy atom. The van der Waals surface area contributed by atoms with E-state index in [4.69, 9.17) is 5.73 Å². The number of carbonyl (C=O) groups is 1. The molecule has 0 saturated carbocycles. The summed E-state index contributed by atoms with van der Waals surface area (Å²) >= 11 is 0. The Labute approximate surface area is 109 Å². The minimum Gasteiger partial charge on any atom is -0.351 e. The van der Waals surface area contributed by atoms with Crippen molar-refractivity contribution >= 4 is 5.91 Å². The average molecular weight is 249 g/mol. The molecule has 1 unspecified atom stereocenters. The van der Waals surface area contributed by atoms with E-state index < -0.39 is 6.04 Å². The number of hydrogen-bond acceptors (Lipinski definition) is 3. The van der Waals surface area contributed by atoms with Gasteiger partial charge in [-0.15, -0.1) is 0 Å². The predicted molar refractivity (Wildman–Crippen MR) is 73.9 cm³/mol. The van der Waals surface area contributed by atoms with Crippen LogP contribution in [0.25, 0.3) is 0 Å². The van der Waals surface area contributed by atoms with E-state index >= 15 is 0 Å². The quantitative estimate of drug-likeness (QED) is 0.794. The van der Waals surface area contributed by atoms with E-state index in [1.54, 1.807) is 0 Å². The van der Waals surface area contributed by atoms with Gasteiger partial charge in [0.1, 0.15) is 0 Å². The van der Waals surface area contributed by atoms with Crippen LogP contribution in [0.15, 0.2) is 24.3 Å². The number of amides is 1. The Hall–Kier alpha value is -1.39. The first kappa shape index (κ1) is 14.7. The van der Waals surface area contributed by atoms with Gasteiger partial charge in [-0.3, -0.25) is 4.79 Å². The molecule has 4 nitrogen and oxygen atoms in total. The summed E-state index contributed by atoms with van der Waals surface area (Å²) in [5.41, 5.74) is 8.05. The van der Waals surface area contributed by atoms with Crippen molar-refractivity contribution in [3.8, 4) is 0 Å². The van der Waals surface area contributed by atoms with Crippen LogP contribution in [-0.4, -0.2) is 30.9 Å². The van der Waals surface area contributed by atoms with Gasteiger partial charge in [0, 0.05) is 13.1 Å². The van der Waals surface area contributed by atoms with Crippen LogP contribution >= 0.6 is 0 Å². The SMILES string of the molecule is CCC(N)C(=O)NCc1ccccc1CN(C)C. The highest BCUT2D eigenvalue weighted by molar-refractivity contribution is 5.81. The molecule has 0 saturated heterocycles. The van der Waals surface area contributed by atoms with Gasteiger partial charge in [-0.05, 0) is 31.6 Å². The zero-order valence-corrected chi connectivity index (χ0v) is 11.4. The fourth-order valence-corrected chi connectivity index (χ4v) is 1.72. The third kappa shape index (κ3) is 4.47. The van der Waals surface area contributed by atoms with Crippen LogP contribution < -0.4 is 11.1 Å². The standard InChI is InChI=1S/C14H23N3O/c1-4-13(15)14(18)16-9-11-7-5-6-8-12(11)10-17(2)3/h5-8,13H,4,9-10,15H2,1-3H3,(H,16,18). The largest absolute Gasteiger partial charge is 0.351 e. The first-order valence-corrected chi connectivity index (χ1v) is 6.29. The number of nitrogens with one attached hydrogen (secondary N) is 1. The van der Waals surface area contributed by atoms with Crippen LogP contribution in [0.3, 0.4) is 0 Å². The number of nitrogens with two attached hydrogens (primary N) is 1. The maximum atomic E-state index is 11.6. The molecule has 1 amide bonds. The van der Waals surface area contributed by atoms with Gasteiger partial charge in [0.25, 0.3) is 0 Å². The predicted octanol–water partition coefficient (Wildman–Crippen LogP) is 1.10. The molecule has 0 aliphatic heterocycles. The number of carbonyl (C=O) groups excluding carboxylic acids is 1. The molecule has 0 heterocycles. The second-order valence-electron chi connectivity index (χ2n) is 4.74. The Morgan fingerprint density at radius 2 is 1.94 bits per heavy atom. The van der Waals surface area contributed by atoms with Crippen LogP contribution in [0.4, 0.5) is 0 Å². The molecule has 0 aliphatic rings. The summed E-state index contributed by atoms with van der Waals surface area (Å²) in [6, 6.07) is 7.71. The molecule has 0 aromatic heterocycles. The lowest BCUT2D eigenvalue weighted by Gasteiger charge is -2.15. The van der Waals surface area contributed by atoms with Crippen molar-refractivity contribution in [2.45, 2.75) is 32.5 Å². The van der Waals surface area contributed by atoms with Gasteiger partial charge in [-0.25, -0.2) is 0 Å². The van der Waals surface area contributed by atoms with Gasteiger partial charge in [-0.1, -0.05) is 31.2 Å². The van der Waals surface area contributed by atoms with Crippen molar-refractivity contribution in [1.82, 2.24) is 10.2 Å². The van der Waals surface area contributed by atoms with Crippen LogP contribution in [0.1, 0.15) is 24.5 Å². The number of rotatable bonds is 6. The fraction of sp³-hybridized carbons (Fsp3) is 0.500. The molecular weight excluding hydrogens is 226 g/mol. The second-order valence-corrected chi connectivity index (χ2v) is 4.74. The summed E-state index contributed by atoms with van der Waals surface area (Å²) in [7, 11) is 4.06. The van der Waals surface area contributed by atoms with Gasteiger partial charge >= 0.3 is 0 Å². The molecule has 0 fully saturated rings. The fourth-order valence-electron chi connectivity index (χ4n) is 1.72. The Balaban J connectivity index is 2.64. The van der Waals surface area contributed by atoms with E-state index in [0.717, 1.165) is 12.1 Å². The van der Waals surface area contributed by atoms with Crippen molar-refractivity contribution in [2.24, 2.45) is 5.73 Å². The molecular formula is C14H23N3O. The molecule has 0 radical (unpaired) electrons. The lowest BCUT2D eigenvalue weighted by molar-refractivity contribution is -0.122. The van der Waals surface area contributed by atoms with Crippen LogP contribution in [-0.2, 0) is 17.9 Å². The van der Waals surface area contributed by atoms with Crippen LogP contribution in [0.5, 0.6) is 0 Å². The molecule has 3 N–H and O–H groups in total. The second kappa shape index (κ2) is 7.13. The van der Waals surface area contributed by atoms with E-state index in [9.17, 15) is 4.79 Å². The first-order chi connectivity index (χ1) is 8.54. The van der Waals surface area contributed by atoms with Crippen molar-refractivity contribution in [3.05, 3.63) is 35.4 Å². The Morgan fingerprint density at radius 1 is 1.33 bits per heavy atom. The Bertz CT molecular complexity index is 390. The van der Waals surface area contributed by atoms with Crippen molar-refractivity contribution < 1.29 is 4.79 Å². The summed E-state index contributed by atoms with van der Waals surface area (Å²) in [6.45, 7) is 3.31. The topological polar surface area (TPSA) is 58.4 Å². The average Bonchev–Trinajstić information content (AvgIpc) is 2.35. The minimum absolute atomic E-state index is 0.0860. The van der Waals surface area contributed by atoms with Gasteiger partial charge in [-0.2, -0.15) is 0 Å². The summed E-state index contributed by atoms with van der Waals surface area (Å²) in [6.07, 6.45) is 0.658. The molecule has 1 atom stereocenters. The molecule has 0 aliphatic carbocycles. The van der Waals surface area contributed by atoms with Crippen LogP contribution in [0, 0.1) is 0 Å². The van der Waals surface area contributed by atoms with E-state index in [1.165, 1.54) is 5.56 Å². The Kier molecular flexibility index (Phi) is 5.82. The highest BCUT2D eigenvalue weighted by Crippen LogP contribution is 2.10. The smallest absolute Gasteiger partial charge is 0.237 e. The third-order valence-electron chi connectivity index (χ3n) is 2.83. The molecule has 1 aromatic carbocycles. The lowest BCUT2D eigenvalue weighted by Crippen LogP contribution is -2.39. The van der Waals surface area contributed by atoms with Gasteiger partial charge < -0.3 is 16.0 Å². The number of hydrogen-bond donors (Lipinski definition) is 2. The third-order valence-corrected chi connectivity index (χ3v) is 2.83. The van der Waals surface area contributed by atoms with Gasteiger partial charge in [0.2, 0.25) is 5.91 Å². The van der Waals surface area contributed by atoms with E-state index in [2.05, 4.69) is 16.3 Å². The number of nitrogens with zero attached hydrogens (tertiary/aromatic N) is 1. The maximum absolute atomic E-state index is 11.6. The monoisotopic (exact) mass is 249 g/mol. The minimum atomic E-state index is -0.411. The molecule has 18 heavy (non-hydrogen) atoms. The number of benzene rings is 1. The molecule has 1 rings (SSSR count). The molecule has 1 aromatic rings. The summed E-state index contributed by atoms with van der Waals surface area (Å²) in [4.78, 5) is 13.7. The summed E-state index contributed by atoms with van der Waals surface area (Å²) in [5.74, 6) is -0.0860. The summed E-state index contributed by atoms with van der Waals surface area (Å²) < 4.78 is 0. The van der Waals surface area contributed by atoms with Gasteiger partial charge in [0.05, 0.1) is 6.04 Å².